The number of nitrogens with zero attached hydrogens (tertiary/aromatic N) is 4. The molecule has 0 saturated heterocycles. The van der Waals surface area contributed by atoms with Gasteiger partial charge in [-0.2, -0.15) is 14.6 Å². The third-order valence-electron chi connectivity index (χ3n) is 8.66. The number of benzene rings is 2. The number of aromatic nitrogens is 3. The molecule has 3 aromatic heterocycles. The van der Waals surface area contributed by atoms with Crippen molar-refractivity contribution < 1.29 is 22.8 Å². The molecule has 2 aliphatic rings. The normalized spacial score (nSPS) is 15.0. The topological polar surface area (TPSA) is 110 Å². The second kappa shape index (κ2) is 13.9. The van der Waals surface area contributed by atoms with Crippen LogP contribution < -0.4 is 0 Å². The molecule has 252 valence electrons. The number of Topliss-reactive ketones (excluding diaryl/α,β-unsaturated/α-hetero) is 2. The first-order chi connectivity index (χ1) is 24.3. The first kappa shape index (κ1) is 34.6. The Labute approximate surface area is 294 Å². The molecular weight excluding hydrogens is 646 g/mol. The molecule has 0 atom stereocenters. The predicted molar refractivity (Wildman–Crippen MR) is 186 cm³/mol. The highest BCUT2D eigenvalue weighted by Crippen LogP contribution is 2.35. The zero-order valence-corrected chi connectivity index (χ0v) is 28.5. The maximum absolute atomic E-state index is 14.0. The van der Waals surface area contributed by atoms with Crippen LogP contribution >= 0.6 is 0 Å². The minimum absolute atomic E-state index is 0.0118. The van der Waals surface area contributed by atoms with E-state index in [1.807, 2.05) is 26.0 Å². The van der Waals surface area contributed by atoms with Crippen LogP contribution in [-0.2, 0) is 12.8 Å². The van der Waals surface area contributed by atoms with E-state index in [1.54, 1.807) is 48.5 Å². The van der Waals surface area contributed by atoms with Gasteiger partial charge < -0.3 is 4.42 Å². The Morgan fingerprint density at radius 2 is 1.41 bits per heavy atom. The minimum atomic E-state index is -0.698. The lowest BCUT2D eigenvalue weighted by atomic mass is 9.75. The van der Waals surface area contributed by atoms with Gasteiger partial charge in [-0.25, -0.2) is 14.4 Å². The molecule has 3 heterocycles. The van der Waals surface area contributed by atoms with Crippen LogP contribution in [-0.4, -0.2) is 26.5 Å². The fourth-order valence-corrected chi connectivity index (χ4v) is 5.99. The van der Waals surface area contributed by atoms with E-state index in [4.69, 9.17) is 9.68 Å². The highest BCUT2D eigenvalue weighted by Gasteiger charge is 2.35. The number of fused-ring (bicyclic) bond motifs is 2. The van der Waals surface area contributed by atoms with Gasteiger partial charge in [0.15, 0.2) is 17.3 Å². The summed E-state index contributed by atoms with van der Waals surface area (Å²) >= 11 is 0. The summed E-state index contributed by atoms with van der Waals surface area (Å²) in [5, 5.41) is 8.86. The van der Waals surface area contributed by atoms with Gasteiger partial charge in [-0.1, -0.05) is 63.9 Å². The van der Waals surface area contributed by atoms with E-state index in [0.29, 0.717) is 40.1 Å². The van der Waals surface area contributed by atoms with E-state index in [0.717, 1.165) is 36.7 Å². The van der Waals surface area contributed by atoms with Gasteiger partial charge >= 0.3 is 0 Å². The van der Waals surface area contributed by atoms with Gasteiger partial charge in [0.2, 0.25) is 0 Å². The lowest BCUT2D eigenvalue weighted by Gasteiger charge is -2.29. The molecule has 0 N–H and O–H groups in total. The molecule has 9 heteroatoms. The summed E-state index contributed by atoms with van der Waals surface area (Å²) in [6, 6.07) is 21.7. The fraction of sp³-hybridized carbons (Fsp3) is 0.238. The van der Waals surface area contributed by atoms with Crippen molar-refractivity contribution in [1.82, 2.24) is 15.0 Å². The highest BCUT2D eigenvalue weighted by atomic mass is 19.1. The van der Waals surface area contributed by atoms with Crippen molar-refractivity contribution >= 4 is 11.6 Å². The molecule has 0 spiro atoms. The zero-order chi connectivity index (χ0) is 36.3. The van der Waals surface area contributed by atoms with Crippen molar-refractivity contribution in [3.05, 3.63) is 135 Å². The molecule has 0 aliphatic heterocycles. The first-order valence-electron chi connectivity index (χ1n) is 16.3. The molecule has 7 rings (SSSR count). The van der Waals surface area contributed by atoms with Crippen LogP contribution in [0.15, 0.2) is 77.2 Å². The Balaban J connectivity index is 0.000000177. The van der Waals surface area contributed by atoms with Crippen molar-refractivity contribution in [2.24, 2.45) is 10.8 Å². The highest BCUT2D eigenvalue weighted by molar-refractivity contribution is 6.02. The average molecular weight is 679 g/mol. The van der Waals surface area contributed by atoms with Gasteiger partial charge in [0.25, 0.3) is 11.8 Å². The van der Waals surface area contributed by atoms with E-state index in [9.17, 15) is 18.4 Å². The standard InChI is InChI=1S/C22H17FN2O2.C20H15FN2O/c1-22(2)12-17-16(18(26)13-22)10-8-15(24-17)9-11-19-25-21(23)20(27-19)14-6-4-3-5-7-14;1-20(2)8-7-18-17(19(20)24)6-5-16(23-18)4-3-13-9-14(12-22)11-15(21)10-13/h3-8,10H,12-13H2,1-2H3;5-6,9-11H,7-8H2,1-2H3. The van der Waals surface area contributed by atoms with Crippen LogP contribution in [0.5, 0.6) is 0 Å². The van der Waals surface area contributed by atoms with Gasteiger partial charge in [0, 0.05) is 34.1 Å². The second-order valence-corrected chi connectivity index (χ2v) is 13.9. The molecule has 2 aliphatic carbocycles. The Morgan fingerprint density at radius 3 is 2.14 bits per heavy atom. The summed E-state index contributed by atoms with van der Waals surface area (Å²) in [6.07, 6.45) is 2.74. The van der Waals surface area contributed by atoms with E-state index >= 15 is 0 Å². The quantitative estimate of drug-likeness (QED) is 0.165. The van der Waals surface area contributed by atoms with E-state index in [-0.39, 0.29) is 39.6 Å². The average Bonchev–Trinajstić information content (AvgIpc) is 3.48. The van der Waals surface area contributed by atoms with Gasteiger partial charge in [-0.05, 0) is 84.9 Å². The molecule has 7 nitrogen and oxygen atoms in total. The smallest absolute Gasteiger partial charge is 0.276 e. The van der Waals surface area contributed by atoms with Crippen molar-refractivity contribution in [3.63, 3.8) is 0 Å². The number of halogens is 2. The molecule has 2 aromatic carbocycles. The maximum Gasteiger partial charge on any atom is 0.276 e. The van der Waals surface area contributed by atoms with Gasteiger partial charge in [0.05, 0.1) is 23.0 Å². The lowest BCUT2D eigenvalue weighted by Crippen LogP contribution is -2.31. The predicted octanol–water partition coefficient (Wildman–Crippen LogP) is 8.08. The fourth-order valence-electron chi connectivity index (χ4n) is 5.99. The molecule has 0 fully saturated rings. The van der Waals surface area contributed by atoms with E-state index < -0.39 is 11.8 Å². The SMILES string of the molecule is CC1(C)CC(=O)c2ccc(C#Cc3nc(F)c(-c4ccccc4)o3)nc2C1.CC1(C)CCc2nc(C#Cc3cc(F)cc(C#N)c3)ccc2C1=O. The van der Waals surface area contributed by atoms with Crippen molar-refractivity contribution in [1.29, 1.82) is 5.26 Å². The van der Waals surface area contributed by atoms with Crippen LogP contribution in [0.25, 0.3) is 11.3 Å². The number of hydrogen-bond acceptors (Lipinski definition) is 7. The Morgan fingerprint density at radius 1 is 0.745 bits per heavy atom. The second-order valence-electron chi connectivity index (χ2n) is 13.9. The molecule has 0 saturated carbocycles. The lowest BCUT2D eigenvalue weighted by molar-refractivity contribution is 0.0809. The van der Waals surface area contributed by atoms with Crippen molar-refractivity contribution in [2.75, 3.05) is 0 Å². The summed E-state index contributed by atoms with van der Waals surface area (Å²) in [5.41, 5.74) is 4.66. The molecular formula is C42H32F2N4O3. The molecule has 5 aromatic rings. The molecule has 51 heavy (non-hydrogen) atoms. The van der Waals surface area contributed by atoms with Gasteiger partial charge in [-0.3, -0.25) is 9.59 Å². The van der Waals surface area contributed by atoms with Crippen LogP contribution in [0.2, 0.25) is 0 Å². The number of hydrogen-bond donors (Lipinski definition) is 0. The third kappa shape index (κ3) is 7.99. The molecule has 0 amide bonds. The number of nitriles is 1. The number of pyridine rings is 2. The Bertz CT molecular complexity index is 2360. The number of carbonyl (C=O) groups excluding carboxylic acids is 2. The van der Waals surface area contributed by atoms with Crippen LogP contribution in [0.4, 0.5) is 8.78 Å². The largest absolute Gasteiger partial charge is 0.427 e. The maximum atomic E-state index is 14.0. The zero-order valence-electron chi connectivity index (χ0n) is 28.5. The minimum Gasteiger partial charge on any atom is -0.427 e. The summed E-state index contributed by atoms with van der Waals surface area (Å²) < 4.78 is 32.9. The number of carbonyl (C=O) groups is 2. The summed E-state index contributed by atoms with van der Waals surface area (Å²) in [5.74, 6) is 10.3. The number of aryl methyl sites for hydroxylation is 1. The Kier molecular flexibility index (Phi) is 9.46. The Hall–Kier alpha value is -6.24. The van der Waals surface area contributed by atoms with Gasteiger partial charge in [0.1, 0.15) is 17.2 Å². The first-order valence-corrected chi connectivity index (χ1v) is 16.3. The van der Waals surface area contributed by atoms with E-state index in [2.05, 4.69) is 52.5 Å². The number of rotatable bonds is 1. The number of ketones is 2. The van der Waals surface area contributed by atoms with Crippen LogP contribution in [0.3, 0.4) is 0 Å². The van der Waals surface area contributed by atoms with Crippen LogP contribution in [0.1, 0.15) is 101 Å². The van der Waals surface area contributed by atoms with Crippen LogP contribution in [0, 0.1) is 57.6 Å². The molecule has 0 bridgehead atoms. The van der Waals surface area contributed by atoms with Crippen molar-refractivity contribution in [2.45, 2.75) is 53.4 Å². The monoisotopic (exact) mass is 678 g/mol. The van der Waals surface area contributed by atoms with Gasteiger partial charge in [-0.15, -0.1) is 0 Å². The molecule has 0 unspecified atom stereocenters. The third-order valence-corrected chi connectivity index (χ3v) is 8.66. The summed E-state index contributed by atoms with van der Waals surface area (Å²) in [7, 11) is 0. The molecule has 0 radical (unpaired) electrons. The van der Waals surface area contributed by atoms with E-state index in [1.165, 1.54) is 12.1 Å². The van der Waals surface area contributed by atoms with Crippen molar-refractivity contribution in [3.8, 4) is 41.1 Å². The summed E-state index contributed by atoms with van der Waals surface area (Å²) in [4.78, 5) is 37.3. The number of oxazole rings is 1. The summed E-state index contributed by atoms with van der Waals surface area (Å²) in [6.45, 7) is 7.99.